The largest absolute Gasteiger partial charge is 0.455 e. The summed E-state index contributed by atoms with van der Waals surface area (Å²) < 4.78 is 20.4. The van der Waals surface area contributed by atoms with Crippen molar-refractivity contribution in [2.45, 2.75) is 0 Å². The fourth-order valence-electron chi connectivity index (χ4n) is 9.44. The second-order valence-electron chi connectivity index (χ2n) is 16.0. The van der Waals surface area contributed by atoms with E-state index in [-0.39, 0.29) is 0 Å². The lowest BCUT2D eigenvalue weighted by molar-refractivity contribution is 0.670. The summed E-state index contributed by atoms with van der Waals surface area (Å²) in [6, 6.07) is 71.3. The van der Waals surface area contributed by atoms with Crippen molar-refractivity contribution in [3.8, 4) is 67.3 Å². The van der Waals surface area contributed by atoms with Gasteiger partial charge in [0, 0.05) is 65.7 Å². The molecular weight excluding hydrogens is 773 g/mol. The fraction of sp³-hybridized carbons (Fsp3) is 0. The van der Waals surface area contributed by atoms with Gasteiger partial charge in [-0.2, -0.15) is 0 Å². The molecule has 0 radical (unpaired) electrons. The van der Waals surface area contributed by atoms with E-state index in [0.29, 0.717) is 5.82 Å². The van der Waals surface area contributed by atoms with Gasteiger partial charge >= 0.3 is 0 Å². The number of rotatable bonds is 6. The van der Waals surface area contributed by atoms with Crippen LogP contribution < -0.4 is 0 Å². The topological polar surface area (TPSA) is 65.2 Å². The smallest absolute Gasteiger partial charge is 0.160 e. The summed E-state index contributed by atoms with van der Waals surface area (Å²) >= 11 is 0. The molecule has 0 fully saturated rings. The molecule has 63 heavy (non-hydrogen) atoms. The summed E-state index contributed by atoms with van der Waals surface area (Å²) in [6.07, 6.45) is 0. The molecule has 0 aliphatic rings. The summed E-state index contributed by atoms with van der Waals surface area (Å²) in [5.41, 5.74) is 15.1. The molecule has 0 aliphatic carbocycles. The van der Waals surface area contributed by atoms with Crippen molar-refractivity contribution in [2.75, 3.05) is 0 Å². The zero-order valence-electron chi connectivity index (χ0n) is 33.7. The zero-order chi connectivity index (χ0) is 41.4. The highest BCUT2D eigenvalue weighted by molar-refractivity contribution is 6.16. The maximum Gasteiger partial charge on any atom is 0.160 e. The molecule has 4 heterocycles. The minimum Gasteiger partial charge on any atom is -0.455 e. The maximum absolute atomic E-state index is 6.86. The highest BCUT2D eigenvalue weighted by Gasteiger charge is 2.26. The lowest BCUT2D eigenvalue weighted by Gasteiger charge is -2.20. The van der Waals surface area contributed by atoms with Crippen LogP contribution in [0.3, 0.4) is 0 Å². The van der Waals surface area contributed by atoms with Crippen LogP contribution in [0, 0.1) is 0 Å². The van der Waals surface area contributed by atoms with Gasteiger partial charge in [0.15, 0.2) is 5.82 Å². The van der Waals surface area contributed by atoms with Crippen LogP contribution in [0.15, 0.2) is 220 Å². The third-order valence-corrected chi connectivity index (χ3v) is 12.3. The van der Waals surface area contributed by atoms with E-state index in [1.165, 1.54) is 0 Å². The third-order valence-electron chi connectivity index (χ3n) is 12.3. The Morgan fingerprint density at radius 3 is 1.17 bits per heavy atom. The number of benzene rings is 9. The summed E-state index contributed by atoms with van der Waals surface area (Å²) in [5, 5.41) is 6.34. The first-order valence-corrected chi connectivity index (χ1v) is 21.1. The van der Waals surface area contributed by atoms with Gasteiger partial charge in [0.05, 0.1) is 11.4 Å². The molecule has 5 nitrogen and oxygen atoms in total. The van der Waals surface area contributed by atoms with Crippen molar-refractivity contribution < 1.29 is 13.3 Å². The molecule has 0 bridgehead atoms. The number of nitrogens with zero attached hydrogens (tertiary/aromatic N) is 2. The number of furan rings is 3. The molecule has 0 atom stereocenters. The highest BCUT2D eigenvalue weighted by atomic mass is 16.3. The molecule has 13 aromatic rings. The van der Waals surface area contributed by atoms with Crippen molar-refractivity contribution in [3.63, 3.8) is 0 Å². The molecule has 0 saturated heterocycles. The van der Waals surface area contributed by atoms with Crippen LogP contribution in [0.2, 0.25) is 0 Å². The van der Waals surface area contributed by atoms with Gasteiger partial charge in [0.25, 0.3) is 0 Å². The number of para-hydroxylation sites is 6. The normalized spacial score (nSPS) is 11.8. The van der Waals surface area contributed by atoms with Gasteiger partial charge in [-0.05, 0) is 53.1 Å². The van der Waals surface area contributed by atoms with Crippen LogP contribution >= 0.6 is 0 Å². The first-order chi connectivity index (χ1) is 31.2. The van der Waals surface area contributed by atoms with Crippen LogP contribution in [0.4, 0.5) is 0 Å². The Morgan fingerprint density at radius 2 is 0.667 bits per heavy atom. The Labute approximate surface area is 361 Å². The van der Waals surface area contributed by atoms with Crippen LogP contribution in [0.5, 0.6) is 0 Å². The van der Waals surface area contributed by atoms with E-state index in [9.17, 15) is 0 Å². The highest BCUT2D eigenvalue weighted by Crippen LogP contribution is 2.49. The Morgan fingerprint density at radius 1 is 0.270 bits per heavy atom. The maximum atomic E-state index is 6.86. The second-order valence-corrected chi connectivity index (χ2v) is 16.0. The molecule has 0 unspecified atom stereocenters. The van der Waals surface area contributed by atoms with Gasteiger partial charge in [-0.3, -0.25) is 0 Å². The molecule has 0 saturated carbocycles. The molecule has 5 heteroatoms. The molecule has 9 aromatic carbocycles. The van der Waals surface area contributed by atoms with E-state index in [1.807, 2.05) is 72.8 Å². The quantitative estimate of drug-likeness (QED) is 0.167. The lowest BCUT2D eigenvalue weighted by atomic mass is 9.85. The van der Waals surface area contributed by atoms with Gasteiger partial charge in [0.1, 0.15) is 33.5 Å². The van der Waals surface area contributed by atoms with Crippen molar-refractivity contribution in [3.05, 3.63) is 206 Å². The van der Waals surface area contributed by atoms with E-state index >= 15 is 0 Å². The number of aromatic nitrogens is 2. The monoisotopic (exact) mass is 806 g/mol. The van der Waals surface area contributed by atoms with E-state index < -0.39 is 0 Å². The second kappa shape index (κ2) is 14.0. The summed E-state index contributed by atoms with van der Waals surface area (Å²) in [6.45, 7) is 0. The fourth-order valence-corrected chi connectivity index (χ4v) is 9.44. The van der Waals surface area contributed by atoms with E-state index in [1.54, 1.807) is 0 Å². The minimum atomic E-state index is 0.629. The number of fused-ring (bicyclic) bond motifs is 9. The average molecular weight is 807 g/mol. The van der Waals surface area contributed by atoms with Gasteiger partial charge in [-0.1, -0.05) is 170 Å². The predicted molar refractivity (Wildman–Crippen MR) is 256 cm³/mol. The molecule has 0 spiro atoms. The standard InChI is InChI=1S/C58H34N2O3/c1-3-16-35(17-4-1)49-34-50(60-58(59-49)36-18-5-2-6-19-36)54-47(45-27-14-25-43-40-21-8-11-30-52(40)62-56(43)45)32-37(38-23-13-24-42-39-20-7-10-29-51(39)61-55(38)42)33-48(54)46-28-15-26-44-41-22-9-12-31-53(41)63-57(44)46/h1-34H. The van der Waals surface area contributed by atoms with Crippen molar-refractivity contribution in [2.24, 2.45) is 0 Å². The number of hydrogen-bond donors (Lipinski definition) is 0. The Bertz CT molecular complexity index is 3720. The molecule has 0 aliphatic heterocycles. The molecular formula is C58H34N2O3. The molecule has 0 N–H and O–H groups in total. The third kappa shape index (κ3) is 5.64. The minimum absolute atomic E-state index is 0.629. The first kappa shape index (κ1) is 35.2. The Hall–Kier alpha value is -8.54. The summed E-state index contributed by atoms with van der Waals surface area (Å²) in [5.74, 6) is 0.629. The van der Waals surface area contributed by atoms with Gasteiger partial charge in [-0.25, -0.2) is 9.97 Å². The van der Waals surface area contributed by atoms with Crippen molar-refractivity contribution in [1.82, 2.24) is 9.97 Å². The molecule has 13 rings (SSSR count). The van der Waals surface area contributed by atoms with Crippen molar-refractivity contribution >= 4 is 65.8 Å². The van der Waals surface area contributed by atoms with Gasteiger partial charge in [0.2, 0.25) is 0 Å². The van der Waals surface area contributed by atoms with E-state index in [2.05, 4.69) is 133 Å². The van der Waals surface area contributed by atoms with Crippen LogP contribution in [-0.4, -0.2) is 9.97 Å². The predicted octanol–water partition coefficient (Wildman–Crippen LogP) is 16.2. The average Bonchev–Trinajstić information content (AvgIpc) is 4.06. The van der Waals surface area contributed by atoms with Crippen LogP contribution in [0.1, 0.15) is 0 Å². The molecule has 4 aromatic heterocycles. The zero-order valence-corrected chi connectivity index (χ0v) is 33.7. The van der Waals surface area contributed by atoms with Crippen molar-refractivity contribution in [1.29, 1.82) is 0 Å². The Balaban J connectivity index is 1.21. The lowest BCUT2D eigenvalue weighted by Crippen LogP contribution is -2.00. The number of hydrogen-bond acceptors (Lipinski definition) is 5. The molecule has 294 valence electrons. The van der Waals surface area contributed by atoms with Crippen LogP contribution in [0.25, 0.3) is 133 Å². The summed E-state index contributed by atoms with van der Waals surface area (Å²) in [4.78, 5) is 10.7. The van der Waals surface area contributed by atoms with Gasteiger partial charge in [-0.15, -0.1) is 0 Å². The van der Waals surface area contributed by atoms with Gasteiger partial charge < -0.3 is 13.3 Å². The van der Waals surface area contributed by atoms with E-state index in [4.69, 9.17) is 23.2 Å². The summed E-state index contributed by atoms with van der Waals surface area (Å²) in [7, 11) is 0. The molecule has 0 amide bonds. The van der Waals surface area contributed by atoms with E-state index in [0.717, 1.165) is 127 Å². The SMILES string of the molecule is c1ccc(-c2cc(-c3c(-c4cccc5c4oc4ccccc45)cc(-c4cccc5c4oc4ccccc45)cc3-c3cccc4c3oc3ccccc34)nc(-c3ccccc3)n2)cc1. The van der Waals surface area contributed by atoms with Crippen LogP contribution in [-0.2, 0) is 0 Å². The Kier molecular flexibility index (Phi) is 7.84. The first-order valence-electron chi connectivity index (χ1n) is 21.1.